The largest absolute Gasteiger partial charge is 0.481 e. The highest BCUT2D eigenvalue weighted by atomic mass is 16.4. The Balaban J connectivity index is 2.06. The van der Waals surface area contributed by atoms with E-state index < -0.39 is 17.9 Å². The summed E-state index contributed by atoms with van der Waals surface area (Å²) in [6.45, 7) is 5.91. The SMILES string of the molecule is Cc1cccc(N2C[C@@H](C(=O)N[C@H](C)CC(=O)O)CC2=O)c1C. The fourth-order valence-electron chi connectivity index (χ4n) is 2.82. The molecule has 0 saturated carbocycles. The quantitative estimate of drug-likeness (QED) is 0.864. The van der Waals surface area contributed by atoms with Gasteiger partial charge in [0.05, 0.1) is 12.3 Å². The van der Waals surface area contributed by atoms with E-state index in [1.807, 2.05) is 32.0 Å². The van der Waals surface area contributed by atoms with Crippen LogP contribution in [0.2, 0.25) is 0 Å². The Morgan fingerprint density at radius 2 is 2.09 bits per heavy atom. The maximum Gasteiger partial charge on any atom is 0.305 e. The van der Waals surface area contributed by atoms with Crippen LogP contribution in [0.15, 0.2) is 18.2 Å². The molecule has 0 radical (unpaired) electrons. The molecule has 0 aliphatic carbocycles. The molecule has 6 nitrogen and oxygen atoms in total. The summed E-state index contributed by atoms with van der Waals surface area (Å²) in [6.07, 6.45) is 0.0200. The highest BCUT2D eigenvalue weighted by molar-refractivity contribution is 6.01. The third-order valence-electron chi connectivity index (χ3n) is 4.23. The van der Waals surface area contributed by atoms with Gasteiger partial charge in [0, 0.05) is 24.7 Å². The zero-order valence-electron chi connectivity index (χ0n) is 13.6. The van der Waals surface area contributed by atoms with Gasteiger partial charge < -0.3 is 15.3 Å². The predicted molar refractivity (Wildman–Crippen MR) is 86.2 cm³/mol. The average molecular weight is 318 g/mol. The summed E-state index contributed by atoms with van der Waals surface area (Å²) < 4.78 is 0. The number of rotatable bonds is 5. The van der Waals surface area contributed by atoms with E-state index in [1.54, 1.807) is 11.8 Å². The van der Waals surface area contributed by atoms with Crippen molar-refractivity contribution in [1.82, 2.24) is 5.32 Å². The van der Waals surface area contributed by atoms with Gasteiger partial charge in [-0.1, -0.05) is 12.1 Å². The number of benzene rings is 1. The van der Waals surface area contributed by atoms with Crippen LogP contribution in [0.3, 0.4) is 0 Å². The molecule has 1 heterocycles. The molecule has 1 aromatic carbocycles. The lowest BCUT2D eigenvalue weighted by molar-refractivity contribution is -0.137. The minimum Gasteiger partial charge on any atom is -0.481 e. The topological polar surface area (TPSA) is 86.7 Å². The number of anilines is 1. The van der Waals surface area contributed by atoms with Crippen molar-refractivity contribution in [2.24, 2.45) is 5.92 Å². The van der Waals surface area contributed by atoms with Crippen molar-refractivity contribution in [2.45, 2.75) is 39.7 Å². The molecule has 2 rings (SSSR count). The third kappa shape index (κ3) is 3.88. The van der Waals surface area contributed by atoms with Gasteiger partial charge >= 0.3 is 5.97 Å². The molecule has 0 bridgehead atoms. The molecule has 0 spiro atoms. The Kier molecular flexibility index (Phi) is 5.03. The van der Waals surface area contributed by atoms with Crippen molar-refractivity contribution in [2.75, 3.05) is 11.4 Å². The van der Waals surface area contributed by atoms with Gasteiger partial charge in [-0.05, 0) is 38.0 Å². The first-order valence-corrected chi connectivity index (χ1v) is 7.68. The lowest BCUT2D eigenvalue weighted by atomic mass is 10.1. The van der Waals surface area contributed by atoms with Crippen molar-refractivity contribution >= 4 is 23.5 Å². The number of nitrogens with one attached hydrogen (secondary N) is 1. The van der Waals surface area contributed by atoms with Gasteiger partial charge in [-0.2, -0.15) is 0 Å². The van der Waals surface area contributed by atoms with E-state index in [-0.39, 0.29) is 24.7 Å². The summed E-state index contributed by atoms with van der Waals surface area (Å²) >= 11 is 0. The average Bonchev–Trinajstić information content (AvgIpc) is 2.83. The maximum absolute atomic E-state index is 12.3. The van der Waals surface area contributed by atoms with Gasteiger partial charge in [0.25, 0.3) is 0 Å². The molecule has 1 aliphatic rings. The standard InChI is InChI=1S/C17H22N2O4/c1-10-5-4-6-14(12(10)3)19-9-13(8-15(19)20)17(23)18-11(2)7-16(21)22/h4-6,11,13H,7-9H2,1-3H3,(H,18,23)(H,21,22)/t11-,13+/m1/s1. The van der Waals surface area contributed by atoms with E-state index in [0.29, 0.717) is 6.54 Å². The highest BCUT2D eigenvalue weighted by Gasteiger charge is 2.36. The predicted octanol–water partition coefficient (Wildman–Crippen LogP) is 1.64. The van der Waals surface area contributed by atoms with Crippen molar-refractivity contribution in [1.29, 1.82) is 0 Å². The zero-order chi connectivity index (χ0) is 17.1. The highest BCUT2D eigenvalue weighted by Crippen LogP contribution is 2.29. The molecule has 1 aliphatic heterocycles. The molecule has 2 atom stereocenters. The van der Waals surface area contributed by atoms with E-state index in [4.69, 9.17) is 5.11 Å². The van der Waals surface area contributed by atoms with Crippen LogP contribution in [0.25, 0.3) is 0 Å². The van der Waals surface area contributed by atoms with Gasteiger partial charge in [-0.25, -0.2) is 0 Å². The Labute approximate surface area is 135 Å². The maximum atomic E-state index is 12.3. The van der Waals surface area contributed by atoms with E-state index in [9.17, 15) is 14.4 Å². The number of carboxylic acid groups (broad SMARTS) is 1. The number of hydrogen-bond acceptors (Lipinski definition) is 3. The number of amides is 2. The van der Waals surface area contributed by atoms with Crippen molar-refractivity contribution in [3.05, 3.63) is 29.3 Å². The normalized spacial score (nSPS) is 18.8. The first-order chi connectivity index (χ1) is 10.8. The van der Waals surface area contributed by atoms with Crippen LogP contribution in [-0.4, -0.2) is 35.5 Å². The van der Waals surface area contributed by atoms with E-state index in [2.05, 4.69) is 5.32 Å². The van der Waals surface area contributed by atoms with E-state index in [0.717, 1.165) is 16.8 Å². The smallest absolute Gasteiger partial charge is 0.305 e. The summed E-state index contributed by atoms with van der Waals surface area (Å²) in [7, 11) is 0. The van der Waals surface area contributed by atoms with Crippen LogP contribution in [0.5, 0.6) is 0 Å². The van der Waals surface area contributed by atoms with Gasteiger partial charge in [-0.15, -0.1) is 0 Å². The molecule has 0 unspecified atom stereocenters. The van der Waals surface area contributed by atoms with Crippen LogP contribution >= 0.6 is 0 Å². The fourth-order valence-corrected chi connectivity index (χ4v) is 2.82. The molecule has 1 aromatic rings. The second kappa shape index (κ2) is 6.81. The Hall–Kier alpha value is -2.37. The number of aryl methyl sites for hydroxylation is 1. The number of carbonyl (C=O) groups is 3. The van der Waals surface area contributed by atoms with E-state index in [1.165, 1.54) is 0 Å². The fraction of sp³-hybridized carbons (Fsp3) is 0.471. The molecule has 124 valence electrons. The number of nitrogens with zero attached hydrogens (tertiary/aromatic N) is 1. The van der Waals surface area contributed by atoms with Gasteiger partial charge in [-0.3, -0.25) is 14.4 Å². The number of carboxylic acids is 1. The molecular formula is C17H22N2O4. The molecule has 23 heavy (non-hydrogen) atoms. The molecule has 1 fully saturated rings. The van der Waals surface area contributed by atoms with Crippen LogP contribution in [-0.2, 0) is 14.4 Å². The van der Waals surface area contributed by atoms with Crippen LogP contribution in [0.4, 0.5) is 5.69 Å². The Morgan fingerprint density at radius 3 is 2.74 bits per heavy atom. The molecule has 2 N–H and O–H groups in total. The molecule has 1 saturated heterocycles. The Morgan fingerprint density at radius 1 is 1.39 bits per heavy atom. The lowest BCUT2D eigenvalue weighted by Crippen LogP contribution is -2.39. The van der Waals surface area contributed by atoms with Crippen LogP contribution in [0.1, 0.15) is 30.9 Å². The minimum absolute atomic E-state index is 0.0789. The lowest BCUT2D eigenvalue weighted by Gasteiger charge is -2.20. The Bertz CT molecular complexity index is 641. The second-order valence-electron chi connectivity index (χ2n) is 6.13. The summed E-state index contributed by atoms with van der Waals surface area (Å²) in [5.41, 5.74) is 2.96. The van der Waals surface area contributed by atoms with Gasteiger partial charge in [0.2, 0.25) is 11.8 Å². The summed E-state index contributed by atoms with van der Waals surface area (Å²) in [5.74, 6) is -1.75. The van der Waals surface area contributed by atoms with Gasteiger partial charge in [0.1, 0.15) is 0 Å². The van der Waals surface area contributed by atoms with E-state index >= 15 is 0 Å². The molecule has 0 aromatic heterocycles. The first kappa shape index (κ1) is 17.0. The first-order valence-electron chi connectivity index (χ1n) is 7.68. The summed E-state index contributed by atoms with van der Waals surface area (Å²) in [6, 6.07) is 5.31. The third-order valence-corrected chi connectivity index (χ3v) is 4.23. The number of hydrogen-bond donors (Lipinski definition) is 2. The van der Waals surface area contributed by atoms with Crippen molar-refractivity contribution in [3.8, 4) is 0 Å². The summed E-state index contributed by atoms with van der Waals surface area (Å²) in [4.78, 5) is 36.8. The van der Waals surface area contributed by atoms with Crippen molar-refractivity contribution < 1.29 is 19.5 Å². The van der Waals surface area contributed by atoms with Crippen molar-refractivity contribution in [3.63, 3.8) is 0 Å². The number of aliphatic carboxylic acids is 1. The van der Waals surface area contributed by atoms with Gasteiger partial charge in [0.15, 0.2) is 0 Å². The van der Waals surface area contributed by atoms with Crippen LogP contribution < -0.4 is 10.2 Å². The van der Waals surface area contributed by atoms with Crippen LogP contribution in [0, 0.1) is 19.8 Å². The second-order valence-corrected chi connectivity index (χ2v) is 6.13. The number of carbonyl (C=O) groups excluding carboxylic acids is 2. The minimum atomic E-state index is -0.961. The molecule has 6 heteroatoms. The molecule has 2 amide bonds. The summed E-state index contributed by atoms with van der Waals surface area (Å²) in [5, 5.41) is 11.4. The molecular weight excluding hydrogens is 296 g/mol. The zero-order valence-corrected chi connectivity index (χ0v) is 13.6. The monoisotopic (exact) mass is 318 g/mol.